The van der Waals surface area contributed by atoms with Gasteiger partial charge in [-0.15, -0.1) is 0 Å². The zero-order valence-corrected chi connectivity index (χ0v) is 30.7. The first kappa shape index (κ1) is 37.3. The Kier molecular flexibility index (Phi) is 15.6. The Labute approximate surface area is 280 Å². The lowest BCUT2D eigenvalue weighted by Gasteiger charge is -2.62. The number of aliphatic hydroxyl groups excluding tert-OH is 1. The quantitative estimate of drug-likeness (QED) is 0.124. The van der Waals surface area contributed by atoms with E-state index in [-0.39, 0.29) is 17.4 Å². The molecule has 9 atom stereocenters. The summed E-state index contributed by atoms with van der Waals surface area (Å²) in [4.78, 5) is 12.7. The smallest absolute Gasteiger partial charge is 0.220 e. The van der Waals surface area contributed by atoms with E-state index in [4.69, 9.17) is 0 Å². The van der Waals surface area contributed by atoms with Gasteiger partial charge in [0.15, 0.2) is 0 Å². The van der Waals surface area contributed by atoms with Crippen molar-refractivity contribution in [3.8, 4) is 0 Å². The molecule has 4 aliphatic carbocycles. The Morgan fingerprint density at radius 2 is 1.36 bits per heavy atom. The van der Waals surface area contributed by atoms with Gasteiger partial charge in [0.2, 0.25) is 5.91 Å². The average Bonchev–Trinajstić information content (AvgIpc) is 3.40. The first-order valence-electron chi connectivity index (χ1n) is 20.8. The van der Waals surface area contributed by atoms with Crippen LogP contribution in [0.4, 0.5) is 0 Å². The van der Waals surface area contributed by atoms with Gasteiger partial charge in [0, 0.05) is 13.0 Å². The largest absolute Gasteiger partial charge is 0.393 e. The van der Waals surface area contributed by atoms with Gasteiger partial charge < -0.3 is 10.4 Å². The normalized spacial score (nSPS) is 35.0. The Morgan fingerprint density at radius 3 is 1.98 bits per heavy atom. The van der Waals surface area contributed by atoms with Crippen molar-refractivity contribution in [1.82, 2.24) is 5.32 Å². The fraction of sp³-hybridized carbons (Fsp3) is 0.976. The highest BCUT2D eigenvalue weighted by Crippen LogP contribution is 2.68. The van der Waals surface area contributed by atoms with Crippen molar-refractivity contribution in [2.75, 3.05) is 6.54 Å². The van der Waals surface area contributed by atoms with Crippen LogP contribution in [0.3, 0.4) is 0 Å². The van der Waals surface area contributed by atoms with Crippen LogP contribution < -0.4 is 5.32 Å². The molecule has 4 saturated carbocycles. The molecule has 3 heteroatoms. The van der Waals surface area contributed by atoms with E-state index >= 15 is 0 Å². The van der Waals surface area contributed by atoms with E-state index in [0.29, 0.717) is 29.6 Å². The molecule has 0 saturated heterocycles. The van der Waals surface area contributed by atoms with Crippen LogP contribution in [0, 0.1) is 46.3 Å². The fourth-order valence-electron chi connectivity index (χ4n) is 11.8. The van der Waals surface area contributed by atoms with Gasteiger partial charge in [-0.05, 0) is 104 Å². The van der Waals surface area contributed by atoms with Gasteiger partial charge in [-0.3, -0.25) is 4.79 Å². The van der Waals surface area contributed by atoms with Crippen LogP contribution in [0.15, 0.2) is 0 Å². The van der Waals surface area contributed by atoms with Crippen LogP contribution in [0.1, 0.15) is 201 Å². The summed E-state index contributed by atoms with van der Waals surface area (Å²) in [6.07, 6.45) is 35.7. The predicted molar refractivity (Wildman–Crippen MR) is 192 cm³/mol. The number of carbonyl (C=O) groups is 1. The molecule has 0 bridgehead atoms. The molecule has 0 aromatic carbocycles. The maximum Gasteiger partial charge on any atom is 0.220 e. The molecule has 5 unspecified atom stereocenters. The van der Waals surface area contributed by atoms with E-state index in [0.717, 1.165) is 43.6 Å². The van der Waals surface area contributed by atoms with E-state index in [1.807, 2.05) is 0 Å². The Balaban J connectivity index is 1.03. The van der Waals surface area contributed by atoms with Gasteiger partial charge in [-0.25, -0.2) is 0 Å². The summed E-state index contributed by atoms with van der Waals surface area (Å²) in [7, 11) is 0. The van der Waals surface area contributed by atoms with Crippen molar-refractivity contribution in [3.63, 3.8) is 0 Å². The molecule has 0 aliphatic heterocycles. The van der Waals surface area contributed by atoms with E-state index < -0.39 is 0 Å². The van der Waals surface area contributed by atoms with Gasteiger partial charge >= 0.3 is 0 Å². The van der Waals surface area contributed by atoms with Crippen LogP contribution >= 0.6 is 0 Å². The maximum atomic E-state index is 12.7. The number of carbonyl (C=O) groups excluding carboxylic acids is 1. The van der Waals surface area contributed by atoms with Gasteiger partial charge in [0.05, 0.1) is 6.10 Å². The first-order chi connectivity index (χ1) is 21.8. The van der Waals surface area contributed by atoms with Crippen LogP contribution in [-0.2, 0) is 4.79 Å². The summed E-state index contributed by atoms with van der Waals surface area (Å²) in [5.74, 6) is 4.44. The number of fused-ring (bicyclic) bond motifs is 5. The maximum absolute atomic E-state index is 12.7. The third-order valence-corrected chi connectivity index (χ3v) is 14.6. The van der Waals surface area contributed by atoms with E-state index in [1.54, 1.807) is 0 Å². The number of rotatable bonds is 21. The molecule has 0 spiro atoms. The molecule has 4 fully saturated rings. The summed E-state index contributed by atoms with van der Waals surface area (Å²) >= 11 is 0. The summed E-state index contributed by atoms with van der Waals surface area (Å²) in [6.45, 7) is 10.6. The van der Waals surface area contributed by atoms with Crippen molar-refractivity contribution in [2.24, 2.45) is 46.3 Å². The lowest BCUT2D eigenvalue weighted by atomic mass is 9.44. The van der Waals surface area contributed by atoms with Crippen molar-refractivity contribution >= 4 is 5.91 Å². The summed E-state index contributed by atoms with van der Waals surface area (Å²) < 4.78 is 0. The molecule has 262 valence electrons. The summed E-state index contributed by atoms with van der Waals surface area (Å²) in [6, 6.07) is 0. The monoisotopic (exact) mass is 628 g/mol. The topological polar surface area (TPSA) is 49.3 Å². The van der Waals surface area contributed by atoms with Crippen molar-refractivity contribution in [2.45, 2.75) is 207 Å². The highest BCUT2D eigenvalue weighted by atomic mass is 16.3. The lowest BCUT2D eigenvalue weighted by Crippen LogP contribution is -2.58. The number of nitrogens with one attached hydrogen (secondary N) is 1. The number of hydrogen-bond acceptors (Lipinski definition) is 2. The molecule has 4 aliphatic rings. The Hall–Kier alpha value is -0.570. The molecule has 2 N–H and O–H groups in total. The fourth-order valence-corrected chi connectivity index (χ4v) is 11.8. The molecular formula is C42H77NO2. The Bertz CT molecular complexity index is 843. The van der Waals surface area contributed by atoms with Crippen LogP contribution in [-0.4, -0.2) is 23.7 Å². The molecule has 0 aromatic rings. The van der Waals surface area contributed by atoms with Crippen LogP contribution in [0.25, 0.3) is 0 Å². The zero-order chi connectivity index (χ0) is 32.1. The Morgan fingerprint density at radius 1 is 0.756 bits per heavy atom. The molecule has 4 rings (SSSR count). The molecule has 0 aromatic heterocycles. The molecular weight excluding hydrogens is 550 g/mol. The third kappa shape index (κ3) is 9.75. The second-order valence-corrected chi connectivity index (χ2v) is 17.4. The zero-order valence-electron chi connectivity index (χ0n) is 30.7. The molecule has 3 nitrogen and oxygen atoms in total. The molecule has 0 radical (unpaired) electrons. The van der Waals surface area contributed by atoms with E-state index in [2.05, 4.69) is 33.0 Å². The van der Waals surface area contributed by atoms with Crippen LogP contribution in [0.2, 0.25) is 0 Å². The van der Waals surface area contributed by atoms with Gasteiger partial charge in [0.1, 0.15) is 0 Å². The van der Waals surface area contributed by atoms with Gasteiger partial charge in [0.25, 0.3) is 0 Å². The highest BCUT2D eigenvalue weighted by Gasteiger charge is 2.63. The van der Waals surface area contributed by atoms with Crippen molar-refractivity contribution < 1.29 is 9.90 Å². The first-order valence-corrected chi connectivity index (χ1v) is 20.8. The second-order valence-electron chi connectivity index (χ2n) is 17.4. The average molecular weight is 628 g/mol. The molecule has 0 heterocycles. The second kappa shape index (κ2) is 18.8. The third-order valence-electron chi connectivity index (χ3n) is 14.6. The highest BCUT2D eigenvalue weighted by molar-refractivity contribution is 5.75. The standard InChI is InChI=1S/C42H77NO2/c1-5-6-7-8-9-10-11-12-13-14-15-16-17-18-19-22-31-43-40(45)29-24-33(2)36-27-28-37-35-26-25-34-23-20-21-30-41(34,3)38(35)32-39(44)42(36,37)4/h33-39,44H,5-32H2,1-4H3,(H,43,45)/t33-,34?,35?,36?,37?,38?,39+,41+,42-/m1/s1. The summed E-state index contributed by atoms with van der Waals surface area (Å²) in [5, 5.41) is 15.0. The number of amides is 1. The SMILES string of the molecule is CCCCCCCCCCCCCCCCCCNC(=O)CC[C@@H](C)C1CCC2C3CCC4CCCC[C@]4(C)C3C[C@H](O)[C@@]21C. The molecule has 1 amide bonds. The number of unbranched alkanes of at least 4 members (excludes halogenated alkanes) is 15. The minimum absolute atomic E-state index is 0.0441. The van der Waals surface area contributed by atoms with Crippen molar-refractivity contribution in [1.29, 1.82) is 0 Å². The number of aliphatic hydroxyl groups is 1. The molecule has 45 heavy (non-hydrogen) atoms. The lowest BCUT2D eigenvalue weighted by molar-refractivity contribution is -0.168. The predicted octanol–water partition coefficient (Wildman–Crippen LogP) is 11.8. The van der Waals surface area contributed by atoms with E-state index in [9.17, 15) is 9.90 Å². The van der Waals surface area contributed by atoms with Crippen LogP contribution in [0.5, 0.6) is 0 Å². The number of hydrogen-bond donors (Lipinski definition) is 2. The van der Waals surface area contributed by atoms with Gasteiger partial charge in [-0.2, -0.15) is 0 Å². The van der Waals surface area contributed by atoms with E-state index in [1.165, 1.54) is 148 Å². The van der Waals surface area contributed by atoms with Crippen molar-refractivity contribution in [3.05, 3.63) is 0 Å². The minimum atomic E-state index is -0.167. The van der Waals surface area contributed by atoms with Gasteiger partial charge in [-0.1, -0.05) is 137 Å². The minimum Gasteiger partial charge on any atom is -0.393 e. The summed E-state index contributed by atoms with van der Waals surface area (Å²) in [5.41, 5.74) is 0.514.